The molecular formula is C22H19F5O6. The number of rotatable bonds is 10. The fraction of sp³-hybridized carbons (Fsp3) is 0.273. The quantitative estimate of drug-likeness (QED) is 0.164. The van der Waals surface area contributed by atoms with Gasteiger partial charge in [0.1, 0.15) is 5.75 Å². The van der Waals surface area contributed by atoms with Crippen molar-refractivity contribution in [1.29, 1.82) is 0 Å². The van der Waals surface area contributed by atoms with Gasteiger partial charge in [-0.1, -0.05) is 6.07 Å². The lowest BCUT2D eigenvalue weighted by Gasteiger charge is -2.19. The van der Waals surface area contributed by atoms with Crippen molar-refractivity contribution >= 4 is 18.0 Å². The predicted octanol–water partition coefficient (Wildman–Crippen LogP) is 5.37. The lowest BCUT2D eigenvalue weighted by molar-refractivity contribution is -0.284. The van der Waals surface area contributed by atoms with Crippen molar-refractivity contribution in [2.45, 2.75) is 24.9 Å². The maximum Gasteiger partial charge on any atom is 0.453 e. The highest BCUT2D eigenvalue weighted by atomic mass is 19.4. The van der Waals surface area contributed by atoms with E-state index in [9.17, 15) is 31.5 Å². The molecule has 2 aromatic carbocycles. The molecule has 0 saturated heterocycles. The summed E-state index contributed by atoms with van der Waals surface area (Å²) in [5.41, 5.74) is 0.617. The van der Waals surface area contributed by atoms with Crippen LogP contribution in [0.5, 0.6) is 17.2 Å². The number of carboxylic acid groups (broad SMARTS) is 1. The van der Waals surface area contributed by atoms with Gasteiger partial charge in [0, 0.05) is 12.5 Å². The summed E-state index contributed by atoms with van der Waals surface area (Å²) < 4.78 is 77.6. The van der Waals surface area contributed by atoms with E-state index in [4.69, 9.17) is 19.3 Å². The van der Waals surface area contributed by atoms with Crippen LogP contribution < -0.4 is 14.2 Å². The highest BCUT2D eigenvalue weighted by molar-refractivity contribution is 5.91. The van der Waals surface area contributed by atoms with Gasteiger partial charge in [-0.2, -0.15) is 22.0 Å². The number of benzene rings is 2. The van der Waals surface area contributed by atoms with Crippen molar-refractivity contribution in [2.75, 3.05) is 13.7 Å². The van der Waals surface area contributed by atoms with E-state index in [-0.39, 0.29) is 29.4 Å². The Morgan fingerprint density at radius 3 is 2.24 bits per heavy atom. The van der Waals surface area contributed by atoms with Crippen molar-refractivity contribution in [1.82, 2.24) is 0 Å². The van der Waals surface area contributed by atoms with Crippen LogP contribution in [0.1, 0.15) is 28.8 Å². The van der Waals surface area contributed by atoms with Gasteiger partial charge in [0.05, 0.1) is 19.3 Å². The van der Waals surface area contributed by atoms with Crippen LogP contribution in [0.3, 0.4) is 0 Å². The summed E-state index contributed by atoms with van der Waals surface area (Å²) in [7, 11) is 1.34. The Bertz CT molecular complexity index is 999. The number of carboxylic acids is 1. The molecule has 2 aromatic rings. The summed E-state index contributed by atoms with van der Waals surface area (Å²) >= 11 is 0. The highest BCUT2D eigenvalue weighted by Crippen LogP contribution is 2.38. The number of carbonyl (C=O) groups excluding carboxylic acids is 1. The van der Waals surface area contributed by atoms with E-state index in [2.05, 4.69) is 0 Å². The number of ether oxygens (including phenoxy) is 3. The van der Waals surface area contributed by atoms with Gasteiger partial charge in [0.15, 0.2) is 11.5 Å². The number of aliphatic carboxylic acids is 1. The van der Waals surface area contributed by atoms with Crippen LogP contribution in [0.2, 0.25) is 0 Å². The molecule has 178 valence electrons. The summed E-state index contributed by atoms with van der Waals surface area (Å²) in [6, 6.07) is 9.76. The Balaban J connectivity index is 1.94. The number of hydrogen-bond acceptors (Lipinski definition) is 5. The fourth-order valence-corrected chi connectivity index (χ4v) is 2.51. The van der Waals surface area contributed by atoms with E-state index in [0.717, 1.165) is 6.08 Å². The summed E-state index contributed by atoms with van der Waals surface area (Å²) in [4.78, 5) is 23.0. The minimum Gasteiger partial charge on any atom is -0.494 e. The van der Waals surface area contributed by atoms with E-state index >= 15 is 0 Å². The SMILES string of the molecule is COc1cc(/C=C/C(=O)O)ccc1OC(=O)c1ccc(OCCCC(F)(F)C(F)(F)F)cc1. The molecule has 6 nitrogen and oxygen atoms in total. The molecule has 0 fully saturated rings. The smallest absolute Gasteiger partial charge is 0.453 e. The first-order chi connectivity index (χ1) is 15.4. The Kier molecular flexibility index (Phi) is 8.38. The molecule has 0 aliphatic rings. The van der Waals surface area contributed by atoms with Crippen LogP contribution in [0.25, 0.3) is 6.08 Å². The first kappa shape index (κ1) is 25.6. The van der Waals surface area contributed by atoms with Crippen LogP contribution in [-0.2, 0) is 4.79 Å². The molecule has 0 heterocycles. The van der Waals surface area contributed by atoms with Crippen LogP contribution in [0.15, 0.2) is 48.5 Å². The van der Waals surface area contributed by atoms with Gasteiger partial charge >= 0.3 is 24.0 Å². The van der Waals surface area contributed by atoms with Crippen LogP contribution in [0, 0.1) is 0 Å². The molecule has 0 aromatic heterocycles. The summed E-state index contributed by atoms with van der Waals surface area (Å²) in [5.74, 6) is -6.22. The van der Waals surface area contributed by atoms with Crippen molar-refractivity contribution in [3.05, 3.63) is 59.7 Å². The van der Waals surface area contributed by atoms with Crippen molar-refractivity contribution < 1.29 is 50.9 Å². The number of alkyl halides is 5. The first-order valence-electron chi connectivity index (χ1n) is 9.41. The Hall–Kier alpha value is -3.63. The number of esters is 1. The second-order valence-electron chi connectivity index (χ2n) is 6.65. The minimum absolute atomic E-state index is 0.0842. The van der Waals surface area contributed by atoms with Gasteiger partial charge in [-0.05, 0) is 54.5 Å². The van der Waals surface area contributed by atoms with Gasteiger partial charge in [-0.15, -0.1) is 0 Å². The molecule has 0 atom stereocenters. The Morgan fingerprint density at radius 1 is 1.00 bits per heavy atom. The molecule has 0 amide bonds. The molecule has 0 aliphatic heterocycles. The van der Waals surface area contributed by atoms with E-state index in [1.54, 1.807) is 0 Å². The normalized spacial score (nSPS) is 11.9. The molecule has 0 bridgehead atoms. The lowest BCUT2D eigenvalue weighted by atomic mass is 10.2. The summed E-state index contributed by atoms with van der Waals surface area (Å²) in [6.45, 7) is -0.366. The molecule has 0 saturated carbocycles. The van der Waals surface area contributed by atoms with Crippen LogP contribution in [0.4, 0.5) is 22.0 Å². The monoisotopic (exact) mass is 474 g/mol. The third-order valence-electron chi connectivity index (χ3n) is 4.22. The van der Waals surface area contributed by atoms with Gasteiger partial charge in [-0.3, -0.25) is 0 Å². The highest BCUT2D eigenvalue weighted by Gasteiger charge is 2.56. The predicted molar refractivity (Wildman–Crippen MR) is 107 cm³/mol. The van der Waals surface area contributed by atoms with Crippen molar-refractivity contribution in [3.8, 4) is 17.2 Å². The van der Waals surface area contributed by atoms with Gasteiger partial charge < -0.3 is 19.3 Å². The van der Waals surface area contributed by atoms with Crippen LogP contribution in [-0.4, -0.2) is 42.9 Å². The fourth-order valence-electron chi connectivity index (χ4n) is 2.51. The van der Waals surface area contributed by atoms with Gasteiger partial charge in [0.2, 0.25) is 0 Å². The molecule has 0 spiro atoms. The maximum atomic E-state index is 12.9. The molecule has 0 aliphatic carbocycles. The first-order valence-corrected chi connectivity index (χ1v) is 9.41. The number of halogens is 5. The van der Waals surface area contributed by atoms with E-state index in [1.165, 1.54) is 55.7 Å². The Labute approximate surface area is 185 Å². The molecule has 0 unspecified atom stereocenters. The second kappa shape index (κ2) is 10.8. The largest absolute Gasteiger partial charge is 0.494 e. The summed E-state index contributed by atoms with van der Waals surface area (Å²) in [5, 5.41) is 8.67. The van der Waals surface area contributed by atoms with Crippen molar-refractivity contribution in [3.63, 3.8) is 0 Å². The van der Waals surface area contributed by atoms with E-state index in [0.29, 0.717) is 5.56 Å². The molecule has 2 rings (SSSR count). The molecular weight excluding hydrogens is 455 g/mol. The lowest BCUT2D eigenvalue weighted by Crippen LogP contribution is -2.36. The second-order valence-corrected chi connectivity index (χ2v) is 6.65. The maximum absolute atomic E-state index is 12.9. The zero-order valence-corrected chi connectivity index (χ0v) is 17.2. The Morgan fingerprint density at radius 2 is 1.67 bits per heavy atom. The zero-order chi connectivity index (χ0) is 24.6. The van der Waals surface area contributed by atoms with Gasteiger partial charge in [0.25, 0.3) is 0 Å². The number of hydrogen-bond donors (Lipinski definition) is 1. The molecule has 0 radical (unpaired) electrons. The third kappa shape index (κ3) is 7.48. The molecule has 11 heteroatoms. The minimum atomic E-state index is -5.60. The van der Waals surface area contributed by atoms with Crippen LogP contribution >= 0.6 is 0 Å². The third-order valence-corrected chi connectivity index (χ3v) is 4.22. The average molecular weight is 474 g/mol. The van der Waals surface area contributed by atoms with E-state index in [1.807, 2.05) is 0 Å². The standard InChI is InChI=1S/C22H19F5O6/c1-31-18-13-14(4-10-19(28)29)3-9-17(18)33-20(30)15-5-7-16(8-6-15)32-12-2-11-21(23,24)22(25,26)27/h3-10,13H,2,11-12H2,1H3,(H,28,29)/b10-4+. The topological polar surface area (TPSA) is 82.1 Å². The summed E-state index contributed by atoms with van der Waals surface area (Å²) in [6.07, 6.45) is -5.25. The zero-order valence-electron chi connectivity index (χ0n) is 17.2. The van der Waals surface area contributed by atoms with Gasteiger partial charge in [-0.25, -0.2) is 9.59 Å². The number of methoxy groups -OCH3 is 1. The molecule has 1 N–H and O–H groups in total. The van der Waals surface area contributed by atoms with E-state index < -0.39 is 36.9 Å². The average Bonchev–Trinajstić information content (AvgIpc) is 2.75. The molecule has 33 heavy (non-hydrogen) atoms. The number of carbonyl (C=O) groups is 2. The van der Waals surface area contributed by atoms with Crippen molar-refractivity contribution in [2.24, 2.45) is 0 Å².